The normalized spacial score (nSPS) is 14.4. The third-order valence-electron chi connectivity index (χ3n) is 3.78. The highest BCUT2D eigenvalue weighted by Gasteiger charge is 2.20. The number of hydrogen-bond donors (Lipinski definition) is 1. The minimum absolute atomic E-state index is 0.686. The van der Waals surface area contributed by atoms with Crippen LogP contribution in [0.2, 0.25) is 0 Å². The summed E-state index contributed by atoms with van der Waals surface area (Å²) in [5, 5.41) is 7.74. The largest absolute Gasteiger partial charge is 0.493 e. The first-order chi connectivity index (χ1) is 10.2. The van der Waals surface area contributed by atoms with Gasteiger partial charge in [-0.1, -0.05) is 17.7 Å². The van der Waals surface area contributed by atoms with E-state index in [-0.39, 0.29) is 0 Å². The van der Waals surface area contributed by atoms with E-state index >= 15 is 0 Å². The van der Waals surface area contributed by atoms with Crippen molar-refractivity contribution in [3.63, 3.8) is 0 Å². The zero-order valence-corrected chi connectivity index (χ0v) is 12.8. The molecule has 4 heteroatoms. The molecular weight excluding hydrogens is 262 g/mol. The molecule has 112 valence electrons. The lowest BCUT2D eigenvalue weighted by Crippen LogP contribution is -2.16. The standard InChI is InChI=1S/C17H23N3O/c1-13-3-6-17(15(9-13)11-18-16-4-5-16)21-8-7-14-10-19-20(2)12-14/h3,6,9-10,12,16,18H,4-5,7-8,11H2,1-2H3. The SMILES string of the molecule is Cc1ccc(OCCc2cnn(C)c2)c(CNC2CC2)c1. The Kier molecular flexibility index (Phi) is 4.25. The van der Waals surface area contributed by atoms with Crippen LogP contribution < -0.4 is 10.1 Å². The van der Waals surface area contributed by atoms with Crippen LogP contribution in [0.25, 0.3) is 0 Å². The van der Waals surface area contributed by atoms with Crippen molar-refractivity contribution < 1.29 is 4.74 Å². The molecule has 4 nitrogen and oxygen atoms in total. The Bertz CT molecular complexity index is 602. The van der Waals surface area contributed by atoms with Gasteiger partial charge in [0.05, 0.1) is 12.8 Å². The molecule has 1 N–H and O–H groups in total. The summed E-state index contributed by atoms with van der Waals surface area (Å²) < 4.78 is 7.81. The molecule has 2 aromatic rings. The van der Waals surface area contributed by atoms with Crippen LogP contribution in [0.4, 0.5) is 0 Å². The average Bonchev–Trinajstić information content (AvgIpc) is 3.20. The van der Waals surface area contributed by atoms with Crippen LogP contribution in [-0.4, -0.2) is 22.4 Å². The Balaban J connectivity index is 1.57. The molecule has 0 radical (unpaired) electrons. The molecule has 0 atom stereocenters. The summed E-state index contributed by atoms with van der Waals surface area (Å²) in [4.78, 5) is 0. The Morgan fingerprint density at radius 2 is 2.24 bits per heavy atom. The molecule has 21 heavy (non-hydrogen) atoms. The molecule has 0 unspecified atom stereocenters. The first-order valence-corrected chi connectivity index (χ1v) is 7.64. The van der Waals surface area contributed by atoms with E-state index in [0.717, 1.165) is 18.7 Å². The molecule has 0 amide bonds. The smallest absolute Gasteiger partial charge is 0.123 e. The van der Waals surface area contributed by atoms with E-state index < -0.39 is 0 Å². The maximum atomic E-state index is 5.98. The average molecular weight is 285 g/mol. The van der Waals surface area contributed by atoms with Gasteiger partial charge < -0.3 is 10.1 Å². The van der Waals surface area contributed by atoms with Gasteiger partial charge in [-0.3, -0.25) is 4.68 Å². The van der Waals surface area contributed by atoms with Gasteiger partial charge in [-0.2, -0.15) is 5.10 Å². The second-order valence-corrected chi connectivity index (χ2v) is 5.89. The fourth-order valence-corrected chi connectivity index (χ4v) is 2.41. The van der Waals surface area contributed by atoms with E-state index in [1.165, 1.54) is 29.5 Å². The summed E-state index contributed by atoms with van der Waals surface area (Å²) >= 11 is 0. The highest BCUT2D eigenvalue weighted by atomic mass is 16.5. The Hall–Kier alpha value is -1.81. The van der Waals surface area contributed by atoms with Gasteiger partial charge in [0.15, 0.2) is 0 Å². The van der Waals surface area contributed by atoms with Gasteiger partial charge in [-0.15, -0.1) is 0 Å². The molecular formula is C17H23N3O. The van der Waals surface area contributed by atoms with E-state index in [4.69, 9.17) is 4.74 Å². The van der Waals surface area contributed by atoms with Gasteiger partial charge in [0.1, 0.15) is 5.75 Å². The Morgan fingerprint density at radius 1 is 1.38 bits per heavy atom. The third-order valence-corrected chi connectivity index (χ3v) is 3.78. The molecule has 1 aliphatic carbocycles. The monoisotopic (exact) mass is 285 g/mol. The second kappa shape index (κ2) is 6.31. The lowest BCUT2D eigenvalue weighted by molar-refractivity contribution is 0.317. The predicted octanol–water partition coefficient (Wildman–Crippen LogP) is 2.60. The molecule has 0 spiro atoms. The van der Waals surface area contributed by atoms with Gasteiger partial charge >= 0.3 is 0 Å². The van der Waals surface area contributed by atoms with Crippen LogP contribution in [0.15, 0.2) is 30.6 Å². The summed E-state index contributed by atoms with van der Waals surface area (Å²) in [7, 11) is 1.94. The molecule has 3 rings (SSSR count). The first kappa shape index (κ1) is 14.1. The van der Waals surface area contributed by atoms with E-state index in [2.05, 4.69) is 35.5 Å². The third kappa shape index (κ3) is 4.08. The predicted molar refractivity (Wildman–Crippen MR) is 83.4 cm³/mol. The minimum Gasteiger partial charge on any atom is -0.493 e. The van der Waals surface area contributed by atoms with Crippen LogP contribution in [0.3, 0.4) is 0 Å². The fourth-order valence-electron chi connectivity index (χ4n) is 2.41. The van der Waals surface area contributed by atoms with Gasteiger partial charge in [-0.25, -0.2) is 0 Å². The molecule has 0 aliphatic heterocycles. The number of nitrogens with one attached hydrogen (secondary N) is 1. The summed E-state index contributed by atoms with van der Waals surface area (Å²) in [6.45, 7) is 3.71. The number of benzene rings is 1. The highest BCUT2D eigenvalue weighted by Crippen LogP contribution is 2.23. The van der Waals surface area contributed by atoms with Gasteiger partial charge in [0.2, 0.25) is 0 Å². The Labute approximate surface area is 126 Å². The molecule has 1 aliphatic rings. The van der Waals surface area contributed by atoms with E-state index in [1.807, 2.05) is 24.1 Å². The molecule has 0 bridgehead atoms. The maximum Gasteiger partial charge on any atom is 0.123 e. The van der Waals surface area contributed by atoms with E-state index in [0.29, 0.717) is 12.6 Å². The van der Waals surface area contributed by atoms with E-state index in [9.17, 15) is 0 Å². The molecule has 1 heterocycles. The molecule has 1 aromatic heterocycles. The first-order valence-electron chi connectivity index (χ1n) is 7.64. The molecule has 1 fully saturated rings. The number of nitrogens with zero attached hydrogens (tertiary/aromatic N) is 2. The maximum absolute atomic E-state index is 5.98. The highest BCUT2D eigenvalue weighted by molar-refractivity contribution is 5.37. The lowest BCUT2D eigenvalue weighted by Gasteiger charge is -2.13. The van der Waals surface area contributed by atoms with Crippen molar-refractivity contribution in [2.24, 2.45) is 7.05 Å². The summed E-state index contributed by atoms with van der Waals surface area (Å²) in [5.74, 6) is 0.998. The van der Waals surface area contributed by atoms with Crippen molar-refractivity contribution in [2.45, 2.75) is 38.8 Å². The van der Waals surface area contributed by atoms with Crippen molar-refractivity contribution in [1.82, 2.24) is 15.1 Å². The van der Waals surface area contributed by atoms with Crippen LogP contribution in [0, 0.1) is 6.92 Å². The van der Waals surface area contributed by atoms with Crippen molar-refractivity contribution in [2.75, 3.05) is 6.61 Å². The zero-order valence-electron chi connectivity index (χ0n) is 12.8. The number of ether oxygens (including phenoxy) is 1. The number of aryl methyl sites for hydroxylation is 2. The van der Waals surface area contributed by atoms with Crippen molar-refractivity contribution in [3.8, 4) is 5.75 Å². The number of aromatic nitrogens is 2. The van der Waals surface area contributed by atoms with Crippen LogP contribution in [0.1, 0.15) is 29.5 Å². The summed E-state index contributed by atoms with van der Waals surface area (Å²) in [6.07, 6.45) is 7.44. The van der Waals surface area contributed by atoms with Crippen molar-refractivity contribution in [3.05, 3.63) is 47.3 Å². The summed E-state index contributed by atoms with van der Waals surface area (Å²) in [5.41, 5.74) is 3.75. The van der Waals surface area contributed by atoms with Crippen LogP contribution >= 0.6 is 0 Å². The zero-order chi connectivity index (χ0) is 14.7. The Morgan fingerprint density at radius 3 is 2.95 bits per heavy atom. The molecule has 1 saturated carbocycles. The number of hydrogen-bond acceptors (Lipinski definition) is 3. The van der Waals surface area contributed by atoms with Crippen LogP contribution in [0.5, 0.6) is 5.75 Å². The summed E-state index contributed by atoms with van der Waals surface area (Å²) in [6, 6.07) is 7.13. The minimum atomic E-state index is 0.686. The lowest BCUT2D eigenvalue weighted by atomic mass is 10.1. The van der Waals surface area contributed by atoms with Crippen molar-refractivity contribution in [1.29, 1.82) is 0 Å². The topological polar surface area (TPSA) is 39.1 Å². The van der Waals surface area contributed by atoms with Gasteiger partial charge in [-0.05, 0) is 31.4 Å². The molecule has 0 saturated heterocycles. The van der Waals surface area contributed by atoms with Gasteiger partial charge in [0.25, 0.3) is 0 Å². The van der Waals surface area contributed by atoms with Crippen LogP contribution in [-0.2, 0) is 20.0 Å². The molecule has 1 aromatic carbocycles. The van der Waals surface area contributed by atoms with Gasteiger partial charge in [0, 0.05) is 37.8 Å². The quantitative estimate of drug-likeness (QED) is 0.850. The number of rotatable bonds is 7. The second-order valence-electron chi connectivity index (χ2n) is 5.89. The fraction of sp³-hybridized carbons (Fsp3) is 0.471. The van der Waals surface area contributed by atoms with Crippen molar-refractivity contribution >= 4 is 0 Å². The van der Waals surface area contributed by atoms with E-state index in [1.54, 1.807) is 0 Å².